The number of nitrogens with one attached hydrogen (secondary N) is 2. The summed E-state index contributed by atoms with van der Waals surface area (Å²) < 4.78 is 0. The van der Waals surface area contributed by atoms with Gasteiger partial charge in [-0.3, -0.25) is 9.59 Å². The Kier molecular flexibility index (Phi) is 4.73. The molecule has 0 aromatic carbocycles. The lowest BCUT2D eigenvalue weighted by Gasteiger charge is -2.19. The maximum Gasteiger partial charge on any atom is 0.254 e. The molecule has 1 fully saturated rings. The zero-order chi connectivity index (χ0) is 16.6. The number of hydrogen-bond acceptors (Lipinski definition) is 4. The number of anilines is 1. The van der Waals surface area contributed by atoms with Gasteiger partial charge in [0.1, 0.15) is 5.00 Å². The van der Waals surface area contributed by atoms with Gasteiger partial charge in [-0.05, 0) is 43.6 Å². The molecular weight excluding hydrogens is 310 g/mol. The van der Waals surface area contributed by atoms with E-state index in [-0.39, 0.29) is 23.8 Å². The molecule has 0 saturated heterocycles. The minimum absolute atomic E-state index is 0.0470. The van der Waals surface area contributed by atoms with Gasteiger partial charge in [-0.1, -0.05) is 13.8 Å². The predicted octanol–water partition coefficient (Wildman–Crippen LogP) is 2.30. The van der Waals surface area contributed by atoms with Crippen LogP contribution in [0.3, 0.4) is 0 Å². The van der Waals surface area contributed by atoms with Crippen LogP contribution in [0.1, 0.15) is 53.9 Å². The van der Waals surface area contributed by atoms with E-state index in [0.29, 0.717) is 23.0 Å². The third-order valence-corrected chi connectivity index (χ3v) is 5.59. The third kappa shape index (κ3) is 3.75. The molecule has 1 unspecified atom stereocenters. The highest BCUT2D eigenvalue weighted by Gasteiger charge is 2.33. The number of hydrogen-bond donors (Lipinski definition) is 3. The summed E-state index contributed by atoms with van der Waals surface area (Å²) in [6.07, 6.45) is 4.46. The van der Waals surface area contributed by atoms with E-state index in [1.54, 1.807) is 11.3 Å². The van der Waals surface area contributed by atoms with Crippen molar-refractivity contribution in [1.82, 2.24) is 5.32 Å². The van der Waals surface area contributed by atoms with Crippen molar-refractivity contribution in [3.05, 3.63) is 16.0 Å². The summed E-state index contributed by atoms with van der Waals surface area (Å²) in [4.78, 5) is 26.0. The van der Waals surface area contributed by atoms with Gasteiger partial charge in [0, 0.05) is 23.4 Å². The number of aryl methyl sites for hydroxylation is 1. The largest absolute Gasteiger partial charge is 0.352 e. The van der Waals surface area contributed by atoms with Gasteiger partial charge < -0.3 is 16.4 Å². The highest BCUT2D eigenvalue weighted by atomic mass is 32.1. The molecule has 4 N–H and O–H groups in total. The topological polar surface area (TPSA) is 84.2 Å². The fraction of sp³-hybridized carbons (Fsp3) is 0.647. The number of rotatable bonds is 5. The van der Waals surface area contributed by atoms with Crippen molar-refractivity contribution in [3.63, 3.8) is 0 Å². The highest BCUT2D eigenvalue weighted by Crippen LogP contribution is 2.39. The van der Waals surface area contributed by atoms with E-state index in [9.17, 15) is 9.59 Å². The van der Waals surface area contributed by atoms with Crippen LogP contribution in [0.2, 0.25) is 0 Å². The Hall–Kier alpha value is -1.40. The van der Waals surface area contributed by atoms with Crippen molar-refractivity contribution in [1.29, 1.82) is 0 Å². The number of amides is 2. The van der Waals surface area contributed by atoms with Crippen LogP contribution in [0.25, 0.3) is 0 Å². The number of nitrogens with two attached hydrogens (primary N) is 1. The lowest BCUT2D eigenvalue weighted by Crippen LogP contribution is -2.32. The molecule has 2 aliphatic carbocycles. The fourth-order valence-corrected chi connectivity index (χ4v) is 4.13. The van der Waals surface area contributed by atoms with Crippen molar-refractivity contribution in [2.24, 2.45) is 17.6 Å². The van der Waals surface area contributed by atoms with E-state index in [0.717, 1.165) is 37.7 Å². The second-order valence-electron chi connectivity index (χ2n) is 7.08. The van der Waals surface area contributed by atoms with Gasteiger partial charge in [-0.25, -0.2) is 0 Å². The highest BCUT2D eigenvalue weighted by molar-refractivity contribution is 7.17. The molecule has 5 nitrogen and oxygen atoms in total. The Labute approximate surface area is 141 Å². The van der Waals surface area contributed by atoms with E-state index in [4.69, 9.17) is 5.73 Å². The molecule has 6 heteroatoms. The molecule has 2 amide bonds. The summed E-state index contributed by atoms with van der Waals surface area (Å²) in [5, 5.41) is 6.68. The van der Waals surface area contributed by atoms with E-state index >= 15 is 0 Å². The van der Waals surface area contributed by atoms with Gasteiger partial charge in [0.25, 0.3) is 5.91 Å². The smallest absolute Gasteiger partial charge is 0.254 e. The maximum atomic E-state index is 12.7. The van der Waals surface area contributed by atoms with Crippen LogP contribution >= 0.6 is 11.3 Å². The number of thiophene rings is 1. The monoisotopic (exact) mass is 335 g/mol. The molecule has 1 saturated carbocycles. The number of carbonyl (C=O) groups is 2. The van der Waals surface area contributed by atoms with Crippen LogP contribution in [-0.4, -0.2) is 24.4 Å². The number of carbonyl (C=O) groups excluding carboxylic acids is 2. The van der Waals surface area contributed by atoms with Crippen molar-refractivity contribution in [3.8, 4) is 0 Å². The molecule has 1 heterocycles. The lowest BCUT2D eigenvalue weighted by molar-refractivity contribution is -0.117. The predicted molar refractivity (Wildman–Crippen MR) is 92.8 cm³/mol. The summed E-state index contributed by atoms with van der Waals surface area (Å²) >= 11 is 1.55. The van der Waals surface area contributed by atoms with Gasteiger partial charge in [0.05, 0.1) is 5.56 Å². The second kappa shape index (κ2) is 6.61. The standard InChI is InChI=1S/C17H25N3O2S/c1-9(2)8-19-16(22)14-12-7-11(18)5-6-13(12)23-17(14)20-15(21)10-3-4-10/h9-11H,3-8,18H2,1-2H3,(H,19,22)(H,20,21). The third-order valence-electron chi connectivity index (χ3n) is 4.38. The molecule has 1 aromatic heterocycles. The van der Waals surface area contributed by atoms with Gasteiger partial charge in [0.2, 0.25) is 5.91 Å². The van der Waals surface area contributed by atoms with E-state index in [2.05, 4.69) is 24.5 Å². The average molecular weight is 335 g/mol. The molecule has 0 bridgehead atoms. The minimum Gasteiger partial charge on any atom is -0.352 e. The first-order valence-corrected chi connectivity index (χ1v) is 9.26. The van der Waals surface area contributed by atoms with Crippen molar-refractivity contribution >= 4 is 28.2 Å². The molecule has 0 spiro atoms. The summed E-state index contributed by atoms with van der Waals surface area (Å²) in [6.45, 7) is 4.76. The van der Waals surface area contributed by atoms with Crippen LogP contribution in [0, 0.1) is 11.8 Å². The summed E-state index contributed by atoms with van der Waals surface area (Å²) in [5.74, 6) is 0.477. The second-order valence-corrected chi connectivity index (χ2v) is 8.18. The van der Waals surface area contributed by atoms with Gasteiger partial charge in [-0.15, -0.1) is 11.3 Å². The van der Waals surface area contributed by atoms with Crippen LogP contribution < -0.4 is 16.4 Å². The molecule has 1 atom stereocenters. The molecule has 2 aliphatic rings. The van der Waals surface area contributed by atoms with Crippen LogP contribution in [0.15, 0.2) is 0 Å². The molecule has 0 aliphatic heterocycles. The number of fused-ring (bicyclic) bond motifs is 1. The van der Waals surface area contributed by atoms with Gasteiger partial charge in [-0.2, -0.15) is 0 Å². The van der Waals surface area contributed by atoms with Crippen LogP contribution in [0.5, 0.6) is 0 Å². The van der Waals surface area contributed by atoms with Gasteiger partial charge in [0.15, 0.2) is 0 Å². The average Bonchev–Trinajstić information content (AvgIpc) is 3.28. The van der Waals surface area contributed by atoms with E-state index < -0.39 is 0 Å². The molecule has 1 aromatic rings. The van der Waals surface area contributed by atoms with E-state index in [1.807, 2.05) is 0 Å². The Morgan fingerprint density at radius 2 is 2.04 bits per heavy atom. The van der Waals surface area contributed by atoms with Gasteiger partial charge >= 0.3 is 0 Å². The Balaban J connectivity index is 1.87. The van der Waals surface area contributed by atoms with Crippen molar-refractivity contribution in [2.75, 3.05) is 11.9 Å². The maximum absolute atomic E-state index is 12.7. The molecular formula is C17H25N3O2S. The quantitative estimate of drug-likeness (QED) is 0.772. The molecule has 3 rings (SSSR count). The zero-order valence-electron chi connectivity index (χ0n) is 13.8. The Bertz CT molecular complexity index is 620. The summed E-state index contributed by atoms with van der Waals surface area (Å²) in [5.41, 5.74) is 7.79. The lowest BCUT2D eigenvalue weighted by atomic mass is 9.91. The SMILES string of the molecule is CC(C)CNC(=O)c1c(NC(=O)C2CC2)sc2c1CC(N)CC2. The first kappa shape index (κ1) is 16.5. The minimum atomic E-state index is -0.0867. The van der Waals surface area contributed by atoms with E-state index in [1.165, 1.54) is 4.88 Å². The summed E-state index contributed by atoms with van der Waals surface area (Å²) in [7, 11) is 0. The van der Waals surface area contributed by atoms with Crippen molar-refractivity contribution < 1.29 is 9.59 Å². The Morgan fingerprint density at radius 3 is 2.70 bits per heavy atom. The van der Waals surface area contributed by atoms with Crippen molar-refractivity contribution in [2.45, 2.75) is 52.0 Å². The zero-order valence-corrected chi connectivity index (χ0v) is 14.6. The molecule has 0 radical (unpaired) electrons. The fourth-order valence-electron chi connectivity index (χ4n) is 2.88. The molecule has 23 heavy (non-hydrogen) atoms. The summed E-state index contributed by atoms with van der Waals surface area (Å²) in [6, 6.07) is 0.0979. The Morgan fingerprint density at radius 1 is 1.30 bits per heavy atom. The van der Waals surface area contributed by atoms with Crippen LogP contribution in [0.4, 0.5) is 5.00 Å². The molecule has 126 valence electrons. The normalized spacial score (nSPS) is 20.3. The first-order chi connectivity index (χ1) is 11.0. The van der Waals surface area contributed by atoms with Crippen LogP contribution in [-0.2, 0) is 17.6 Å². The first-order valence-electron chi connectivity index (χ1n) is 8.45.